The van der Waals surface area contributed by atoms with E-state index in [0.717, 1.165) is 10.6 Å². The molecule has 3 rings (SSSR count). The third-order valence-corrected chi connectivity index (χ3v) is 4.57. The van der Waals surface area contributed by atoms with Gasteiger partial charge in [-0.15, -0.1) is 11.8 Å². The van der Waals surface area contributed by atoms with Gasteiger partial charge in [-0.1, -0.05) is 11.6 Å². The Bertz CT molecular complexity index is 854. The molecule has 0 saturated heterocycles. The predicted octanol–water partition coefficient (Wildman–Crippen LogP) is 3.66. The van der Waals surface area contributed by atoms with Gasteiger partial charge in [0, 0.05) is 9.92 Å². The van der Waals surface area contributed by atoms with Gasteiger partial charge in [0.15, 0.2) is 0 Å². The van der Waals surface area contributed by atoms with Gasteiger partial charge in [-0.05, 0) is 42.5 Å². The molecule has 0 saturated carbocycles. The summed E-state index contributed by atoms with van der Waals surface area (Å²) >= 11 is 7.49. The molecule has 1 heterocycles. The SMILES string of the molecule is COc1ccc(SCC(=O)Nc2cc(Cl)ccc2-n2cncn2)cc1. The van der Waals surface area contributed by atoms with Crippen molar-refractivity contribution in [1.29, 1.82) is 0 Å². The lowest BCUT2D eigenvalue weighted by Crippen LogP contribution is -2.16. The summed E-state index contributed by atoms with van der Waals surface area (Å²) in [7, 11) is 1.62. The number of amides is 1. The molecule has 2 aromatic carbocycles. The van der Waals surface area contributed by atoms with Crippen molar-refractivity contribution >= 4 is 35.0 Å². The molecular weight excluding hydrogens is 360 g/mol. The molecule has 0 bridgehead atoms. The molecule has 0 spiro atoms. The fraction of sp³-hybridized carbons (Fsp3) is 0.118. The number of aromatic nitrogens is 3. The summed E-state index contributed by atoms with van der Waals surface area (Å²) in [5.41, 5.74) is 1.28. The summed E-state index contributed by atoms with van der Waals surface area (Å²) in [4.78, 5) is 17.2. The second-order valence-electron chi connectivity index (χ2n) is 5.01. The van der Waals surface area contributed by atoms with Crippen LogP contribution in [0.1, 0.15) is 0 Å². The van der Waals surface area contributed by atoms with Gasteiger partial charge in [0.05, 0.1) is 24.2 Å². The van der Waals surface area contributed by atoms with E-state index >= 15 is 0 Å². The lowest BCUT2D eigenvalue weighted by atomic mass is 10.2. The highest BCUT2D eigenvalue weighted by Gasteiger charge is 2.10. The van der Waals surface area contributed by atoms with Gasteiger partial charge in [-0.3, -0.25) is 4.79 Å². The Morgan fingerprint density at radius 1 is 1.28 bits per heavy atom. The van der Waals surface area contributed by atoms with E-state index in [0.29, 0.717) is 16.4 Å². The first-order valence-corrected chi connectivity index (χ1v) is 8.73. The number of benzene rings is 2. The van der Waals surface area contributed by atoms with Crippen LogP contribution in [0.25, 0.3) is 5.69 Å². The van der Waals surface area contributed by atoms with Gasteiger partial charge in [0.2, 0.25) is 5.91 Å². The first-order chi connectivity index (χ1) is 12.2. The van der Waals surface area contributed by atoms with Crippen molar-refractivity contribution in [3.05, 3.63) is 60.1 Å². The topological polar surface area (TPSA) is 69.0 Å². The Labute approximate surface area is 154 Å². The number of carbonyl (C=O) groups excluding carboxylic acids is 1. The van der Waals surface area contributed by atoms with E-state index in [9.17, 15) is 4.79 Å². The summed E-state index contributed by atoms with van der Waals surface area (Å²) in [6.45, 7) is 0. The van der Waals surface area contributed by atoms with Crippen LogP contribution in [-0.4, -0.2) is 33.5 Å². The molecule has 0 aliphatic rings. The van der Waals surface area contributed by atoms with Crippen molar-refractivity contribution in [3.63, 3.8) is 0 Å². The lowest BCUT2D eigenvalue weighted by Gasteiger charge is -2.11. The van der Waals surface area contributed by atoms with Crippen molar-refractivity contribution in [2.75, 3.05) is 18.2 Å². The monoisotopic (exact) mass is 374 g/mol. The minimum atomic E-state index is -0.135. The molecule has 25 heavy (non-hydrogen) atoms. The smallest absolute Gasteiger partial charge is 0.234 e. The normalized spacial score (nSPS) is 10.5. The zero-order valence-electron chi connectivity index (χ0n) is 13.3. The number of anilines is 1. The lowest BCUT2D eigenvalue weighted by molar-refractivity contribution is -0.113. The Kier molecular flexibility index (Phi) is 5.57. The van der Waals surface area contributed by atoms with Crippen LogP contribution >= 0.6 is 23.4 Å². The second-order valence-corrected chi connectivity index (χ2v) is 6.50. The maximum absolute atomic E-state index is 12.3. The molecular formula is C17H15ClN4O2S. The van der Waals surface area contributed by atoms with Gasteiger partial charge < -0.3 is 10.1 Å². The van der Waals surface area contributed by atoms with E-state index in [-0.39, 0.29) is 11.7 Å². The summed E-state index contributed by atoms with van der Waals surface area (Å²) in [6, 6.07) is 12.8. The van der Waals surface area contributed by atoms with Gasteiger partial charge >= 0.3 is 0 Å². The molecule has 0 fully saturated rings. The number of halogens is 1. The standard InChI is InChI=1S/C17H15ClN4O2S/c1-24-13-3-5-14(6-4-13)25-9-17(23)21-15-8-12(18)2-7-16(15)22-11-19-10-20-22/h2-8,10-11H,9H2,1H3,(H,21,23). The van der Waals surface area contributed by atoms with Crippen molar-refractivity contribution in [2.24, 2.45) is 0 Å². The Balaban J connectivity index is 1.67. The van der Waals surface area contributed by atoms with Crippen molar-refractivity contribution in [2.45, 2.75) is 4.90 Å². The number of nitrogens with one attached hydrogen (secondary N) is 1. The fourth-order valence-electron chi connectivity index (χ4n) is 2.15. The number of rotatable bonds is 6. The van der Waals surface area contributed by atoms with Crippen LogP contribution in [0.3, 0.4) is 0 Å². The van der Waals surface area contributed by atoms with E-state index in [1.54, 1.807) is 36.3 Å². The van der Waals surface area contributed by atoms with Gasteiger partial charge in [-0.25, -0.2) is 9.67 Å². The minimum Gasteiger partial charge on any atom is -0.497 e. The van der Waals surface area contributed by atoms with Crippen LogP contribution in [0.4, 0.5) is 5.69 Å². The van der Waals surface area contributed by atoms with Gasteiger partial charge in [0.1, 0.15) is 18.4 Å². The fourth-order valence-corrected chi connectivity index (χ4v) is 3.02. The maximum Gasteiger partial charge on any atom is 0.234 e. The third kappa shape index (κ3) is 4.52. The largest absolute Gasteiger partial charge is 0.497 e. The molecule has 0 unspecified atom stereocenters. The molecule has 0 radical (unpaired) electrons. The van der Waals surface area contributed by atoms with Crippen LogP contribution in [0.15, 0.2) is 60.0 Å². The molecule has 1 N–H and O–H groups in total. The van der Waals surface area contributed by atoms with E-state index in [4.69, 9.17) is 16.3 Å². The highest BCUT2D eigenvalue weighted by Crippen LogP contribution is 2.25. The molecule has 3 aromatic rings. The third-order valence-electron chi connectivity index (χ3n) is 3.33. The van der Waals surface area contributed by atoms with E-state index in [1.807, 2.05) is 24.3 Å². The number of nitrogens with zero attached hydrogens (tertiary/aromatic N) is 3. The maximum atomic E-state index is 12.3. The number of carbonyl (C=O) groups is 1. The van der Waals surface area contributed by atoms with Crippen molar-refractivity contribution < 1.29 is 9.53 Å². The van der Waals surface area contributed by atoms with Crippen LogP contribution < -0.4 is 10.1 Å². The quantitative estimate of drug-likeness (QED) is 0.667. The molecule has 0 aliphatic heterocycles. The molecule has 0 atom stereocenters. The number of thioether (sulfide) groups is 1. The van der Waals surface area contributed by atoms with Crippen LogP contribution in [0.2, 0.25) is 5.02 Å². The van der Waals surface area contributed by atoms with E-state index in [2.05, 4.69) is 15.4 Å². The molecule has 6 nitrogen and oxygen atoms in total. The Morgan fingerprint density at radius 2 is 2.08 bits per heavy atom. The second kappa shape index (κ2) is 8.04. The highest BCUT2D eigenvalue weighted by molar-refractivity contribution is 8.00. The summed E-state index contributed by atoms with van der Waals surface area (Å²) < 4.78 is 6.69. The number of methoxy groups -OCH3 is 1. The molecule has 1 aromatic heterocycles. The van der Waals surface area contributed by atoms with Gasteiger partial charge in [-0.2, -0.15) is 5.10 Å². The first kappa shape index (κ1) is 17.3. The van der Waals surface area contributed by atoms with Crippen LogP contribution in [-0.2, 0) is 4.79 Å². The van der Waals surface area contributed by atoms with E-state index < -0.39 is 0 Å². The first-order valence-electron chi connectivity index (χ1n) is 7.37. The van der Waals surface area contributed by atoms with Crippen LogP contribution in [0, 0.1) is 0 Å². The zero-order valence-corrected chi connectivity index (χ0v) is 14.9. The summed E-state index contributed by atoms with van der Waals surface area (Å²) in [6.07, 6.45) is 2.99. The average Bonchev–Trinajstić information content (AvgIpc) is 3.15. The number of ether oxygens (including phenoxy) is 1. The predicted molar refractivity (Wildman–Crippen MR) is 98.7 cm³/mol. The highest BCUT2D eigenvalue weighted by atomic mass is 35.5. The Hall–Kier alpha value is -2.51. The summed E-state index contributed by atoms with van der Waals surface area (Å²) in [5.74, 6) is 0.921. The average molecular weight is 375 g/mol. The number of hydrogen-bond donors (Lipinski definition) is 1. The van der Waals surface area contributed by atoms with Crippen molar-refractivity contribution in [1.82, 2.24) is 14.8 Å². The summed E-state index contributed by atoms with van der Waals surface area (Å²) in [5, 5.41) is 7.49. The van der Waals surface area contributed by atoms with E-state index in [1.165, 1.54) is 18.1 Å². The zero-order chi connectivity index (χ0) is 17.6. The van der Waals surface area contributed by atoms with Crippen molar-refractivity contribution in [3.8, 4) is 11.4 Å². The molecule has 8 heteroatoms. The molecule has 0 aliphatic carbocycles. The van der Waals surface area contributed by atoms with Crippen LogP contribution in [0.5, 0.6) is 5.75 Å². The number of hydrogen-bond acceptors (Lipinski definition) is 5. The Morgan fingerprint density at radius 3 is 2.76 bits per heavy atom. The molecule has 128 valence electrons. The molecule has 1 amide bonds. The minimum absolute atomic E-state index is 0.135. The van der Waals surface area contributed by atoms with Gasteiger partial charge in [0.25, 0.3) is 0 Å².